The Morgan fingerprint density at radius 2 is 2.00 bits per heavy atom. The lowest BCUT2D eigenvalue weighted by Crippen LogP contribution is -2.00. The topological polar surface area (TPSA) is 20.2 Å². The van der Waals surface area contributed by atoms with E-state index < -0.39 is 6.10 Å². The Bertz CT molecular complexity index is 549. The van der Waals surface area contributed by atoms with Gasteiger partial charge < -0.3 is 5.11 Å². The van der Waals surface area contributed by atoms with Crippen LogP contribution in [0.2, 0.25) is 0 Å². The summed E-state index contributed by atoms with van der Waals surface area (Å²) in [6.45, 7) is 1.99. The van der Waals surface area contributed by atoms with Gasteiger partial charge in [0.05, 0.1) is 6.10 Å². The highest BCUT2D eigenvalue weighted by atomic mass is 79.9. The summed E-state index contributed by atoms with van der Waals surface area (Å²) in [4.78, 5) is 2.01. The first kappa shape index (κ1) is 14.2. The minimum absolute atomic E-state index is 0.288. The molecule has 0 aliphatic carbocycles. The molecule has 1 heterocycles. The summed E-state index contributed by atoms with van der Waals surface area (Å²) in [5.74, 6) is -0.288. The Balaban J connectivity index is 2.20. The number of halogens is 3. The molecule has 0 aliphatic heterocycles. The molecule has 5 heteroatoms. The highest BCUT2D eigenvalue weighted by Gasteiger charge is 2.15. The molecular formula is C13H11Br2FOS. The van der Waals surface area contributed by atoms with Crippen molar-refractivity contribution in [2.24, 2.45) is 0 Å². The monoisotopic (exact) mass is 392 g/mol. The Kier molecular flexibility index (Phi) is 4.59. The molecule has 1 atom stereocenters. The molecule has 1 unspecified atom stereocenters. The predicted molar refractivity (Wildman–Crippen MR) is 79.5 cm³/mol. The van der Waals surface area contributed by atoms with Crippen LogP contribution in [0, 0.1) is 12.7 Å². The fourth-order valence-electron chi connectivity index (χ4n) is 1.65. The van der Waals surface area contributed by atoms with Gasteiger partial charge in [-0.2, -0.15) is 0 Å². The van der Waals surface area contributed by atoms with Crippen molar-refractivity contribution in [1.29, 1.82) is 0 Å². The molecule has 96 valence electrons. The summed E-state index contributed by atoms with van der Waals surface area (Å²) < 4.78 is 15.0. The van der Waals surface area contributed by atoms with Gasteiger partial charge in [0, 0.05) is 25.1 Å². The second kappa shape index (κ2) is 5.82. The highest BCUT2D eigenvalue weighted by Crippen LogP contribution is 2.33. The minimum atomic E-state index is -0.613. The third-order valence-electron chi connectivity index (χ3n) is 2.63. The van der Waals surface area contributed by atoms with Crippen molar-refractivity contribution < 1.29 is 9.50 Å². The van der Waals surface area contributed by atoms with E-state index in [-0.39, 0.29) is 5.82 Å². The first-order valence-electron chi connectivity index (χ1n) is 5.35. The summed E-state index contributed by atoms with van der Waals surface area (Å²) in [5, 5.41) is 10.2. The van der Waals surface area contributed by atoms with Crippen molar-refractivity contribution in [3.63, 3.8) is 0 Å². The third-order valence-corrected chi connectivity index (χ3v) is 5.64. The Hall–Kier alpha value is -0.230. The van der Waals surface area contributed by atoms with Crippen LogP contribution in [-0.2, 0) is 6.42 Å². The normalized spacial score (nSPS) is 12.7. The van der Waals surface area contributed by atoms with Crippen molar-refractivity contribution in [3.8, 4) is 0 Å². The third kappa shape index (κ3) is 3.20. The van der Waals surface area contributed by atoms with Gasteiger partial charge in [-0.15, -0.1) is 11.3 Å². The lowest BCUT2D eigenvalue weighted by molar-refractivity contribution is 0.182. The van der Waals surface area contributed by atoms with E-state index in [2.05, 4.69) is 31.9 Å². The maximum Gasteiger partial charge on any atom is 0.123 e. The van der Waals surface area contributed by atoms with E-state index in [4.69, 9.17) is 0 Å². The molecular weight excluding hydrogens is 383 g/mol. The predicted octanol–water partition coefficient (Wildman–Crippen LogP) is 5.00. The van der Waals surface area contributed by atoms with E-state index in [0.717, 1.165) is 24.3 Å². The number of hydrogen-bond acceptors (Lipinski definition) is 2. The van der Waals surface area contributed by atoms with Crippen LogP contribution in [0.4, 0.5) is 4.39 Å². The highest BCUT2D eigenvalue weighted by molar-refractivity contribution is 9.10. The van der Waals surface area contributed by atoms with Gasteiger partial charge in [0.2, 0.25) is 0 Å². The Labute approximate surface area is 126 Å². The Morgan fingerprint density at radius 3 is 2.61 bits per heavy atom. The number of thiophene rings is 1. The summed E-state index contributed by atoms with van der Waals surface area (Å²) in [5.41, 5.74) is 0.768. The SMILES string of the molecule is Cc1sc(C(O)Cc2cc(F)ccc2Br)cc1Br. The lowest BCUT2D eigenvalue weighted by Gasteiger charge is -2.10. The largest absolute Gasteiger partial charge is 0.387 e. The van der Waals surface area contributed by atoms with Crippen molar-refractivity contribution in [2.75, 3.05) is 0 Å². The van der Waals surface area contributed by atoms with Gasteiger partial charge in [-0.3, -0.25) is 0 Å². The van der Waals surface area contributed by atoms with Crippen molar-refractivity contribution in [3.05, 3.63) is 54.3 Å². The Morgan fingerprint density at radius 1 is 1.28 bits per heavy atom. The number of hydrogen-bond donors (Lipinski definition) is 1. The average Bonchev–Trinajstić information content (AvgIpc) is 2.64. The van der Waals surface area contributed by atoms with Gasteiger partial charge >= 0.3 is 0 Å². The second-order valence-corrected chi connectivity index (χ2v) is 7.01. The molecule has 1 N–H and O–H groups in total. The number of aliphatic hydroxyl groups excluding tert-OH is 1. The number of benzene rings is 1. The van der Waals surface area contributed by atoms with Crippen molar-refractivity contribution in [2.45, 2.75) is 19.4 Å². The van der Waals surface area contributed by atoms with E-state index in [9.17, 15) is 9.50 Å². The molecule has 1 aromatic heterocycles. The minimum Gasteiger partial charge on any atom is -0.387 e. The van der Waals surface area contributed by atoms with Gasteiger partial charge in [-0.25, -0.2) is 4.39 Å². The van der Waals surface area contributed by atoms with E-state index >= 15 is 0 Å². The smallest absolute Gasteiger partial charge is 0.123 e. The summed E-state index contributed by atoms with van der Waals surface area (Å²) in [7, 11) is 0. The van der Waals surface area contributed by atoms with Crippen LogP contribution in [-0.4, -0.2) is 5.11 Å². The zero-order valence-corrected chi connectivity index (χ0v) is 13.6. The maximum atomic E-state index is 13.2. The molecule has 0 radical (unpaired) electrons. The van der Waals surface area contributed by atoms with E-state index in [1.54, 1.807) is 17.4 Å². The van der Waals surface area contributed by atoms with E-state index in [1.165, 1.54) is 12.1 Å². The molecule has 0 bridgehead atoms. The number of aryl methyl sites for hydroxylation is 1. The van der Waals surface area contributed by atoms with Crippen LogP contribution in [0.3, 0.4) is 0 Å². The first-order valence-corrected chi connectivity index (χ1v) is 7.75. The lowest BCUT2D eigenvalue weighted by atomic mass is 10.1. The molecule has 2 aromatic rings. The fourth-order valence-corrected chi connectivity index (χ4v) is 3.61. The molecule has 0 aliphatic rings. The summed E-state index contributed by atoms with van der Waals surface area (Å²) >= 11 is 8.34. The van der Waals surface area contributed by atoms with Crippen molar-refractivity contribution in [1.82, 2.24) is 0 Å². The molecule has 0 amide bonds. The fraction of sp³-hybridized carbons (Fsp3) is 0.231. The van der Waals surface area contributed by atoms with Gasteiger partial charge in [0.25, 0.3) is 0 Å². The average molecular weight is 394 g/mol. The van der Waals surface area contributed by atoms with Crippen LogP contribution in [0.25, 0.3) is 0 Å². The molecule has 0 saturated heterocycles. The quantitative estimate of drug-likeness (QED) is 0.778. The van der Waals surface area contributed by atoms with Gasteiger partial charge in [-0.1, -0.05) is 15.9 Å². The van der Waals surface area contributed by atoms with Crippen LogP contribution >= 0.6 is 43.2 Å². The zero-order chi connectivity index (χ0) is 13.3. The van der Waals surface area contributed by atoms with Crippen LogP contribution < -0.4 is 0 Å². The van der Waals surface area contributed by atoms with Crippen LogP contribution in [0.1, 0.15) is 21.4 Å². The van der Waals surface area contributed by atoms with Crippen molar-refractivity contribution >= 4 is 43.2 Å². The van der Waals surface area contributed by atoms with Gasteiger partial charge in [0.15, 0.2) is 0 Å². The standard InChI is InChI=1S/C13H11Br2FOS/c1-7-11(15)6-13(18-7)12(17)5-8-4-9(16)2-3-10(8)14/h2-4,6,12,17H,5H2,1H3. The van der Waals surface area contributed by atoms with E-state index in [0.29, 0.717) is 6.42 Å². The number of rotatable bonds is 3. The zero-order valence-electron chi connectivity index (χ0n) is 9.58. The van der Waals surface area contributed by atoms with Crippen LogP contribution in [0.5, 0.6) is 0 Å². The molecule has 0 fully saturated rings. The molecule has 18 heavy (non-hydrogen) atoms. The van der Waals surface area contributed by atoms with E-state index in [1.807, 2.05) is 13.0 Å². The maximum absolute atomic E-state index is 13.2. The molecule has 0 saturated carbocycles. The first-order chi connectivity index (χ1) is 8.47. The second-order valence-electron chi connectivity index (χ2n) is 4.01. The summed E-state index contributed by atoms with van der Waals surface area (Å²) in [6, 6.07) is 6.42. The molecule has 0 spiro atoms. The number of aliphatic hydroxyl groups is 1. The molecule has 1 nitrogen and oxygen atoms in total. The van der Waals surface area contributed by atoms with Gasteiger partial charge in [0.1, 0.15) is 5.82 Å². The van der Waals surface area contributed by atoms with Crippen LogP contribution in [0.15, 0.2) is 33.2 Å². The molecule has 2 rings (SSSR count). The summed E-state index contributed by atoms with van der Waals surface area (Å²) in [6.07, 6.45) is -0.219. The molecule has 1 aromatic carbocycles. The van der Waals surface area contributed by atoms with Gasteiger partial charge in [-0.05, 0) is 52.7 Å².